The summed E-state index contributed by atoms with van der Waals surface area (Å²) >= 11 is 0. The number of nitrogens with one attached hydrogen (secondary N) is 1. The van der Waals surface area contributed by atoms with Crippen LogP contribution in [0.5, 0.6) is 11.5 Å². The first-order valence-corrected chi connectivity index (χ1v) is 9.98. The molecular formula is C16H23NO3S2. The second-order valence-corrected chi connectivity index (χ2v) is 8.15. The lowest BCUT2D eigenvalue weighted by atomic mass is 10.1. The number of carbonyl (C=O) groups excluding carboxylic acids is 1. The Kier molecular flexibility index (Phi) is 7.25. The molecule has 1 saturated heterocycles. The molecule has 1 atom stereocenters. The Labute approximate surface area is 139 Å². The highest BCUT2D eigenvalue weighted by Gasteiger charge is 2.15. The molecule has 1 fully saturated rings. The van der Waals surface area contributed by atoms with Gasteiger partial charge < -0.3 is 15.2 Å². The highest BCUT2D eigenvalue weighted by molar-refractivity contribution is 8.77. The topological polar surface area (TPSA) is 58.6 Å². The van der Waals surface area contributed by atoms with E-state index in [1.807, 2.05) is 27.7 Å². The first-order chi connectivity index (χ1) is 10.7. The molecule has 0 spiro atoms. The number of carbonyl (C=O) groups is 1. The van der Waals surface area contributed by atoms with Gasteiger partial charge in [0.15, 0.2) is 11.5 Å². The van der Waals surface area contributed by atoms with Crippen molar-refractivity contribution < 1.29 is 14.6 Å². The average molecular weight is 341 g/mol. The summed E-state index contributed by atoms with van der Waals surface area (Å²) < 4.78 is 4.99. The Morgan fingerprint density at radius 3 is 3.00 bits per heavy atom. The van der Waals surface area contributed by atoms with E-state index >= 15 is 0 Å². The normalized spacial score (nSPS) is 17.4. The summed E-state index contributed by atoms with van der Waals surface area (Å²) in [5.41, 5.74) is 0.867. The summed E-state index contributed by atoms with van der Waals surface area (Å²) in [6, 6.07) is 5.16. The van der Waals surface area contributed by atoms with E-state index in [1.165, 1.54) is 25.7 Å². The van der Waals surface area contributed by atoms with E-state index < -0.39 is 0 Å². The Morgan fingerprint density at radius 1 is 1.45 bits per heavy atom. The van der Waals surface area contributed by atoms with Crippen molar-refractivity contribution >= 4 is 27.5 Å². The molecule has 1 aliphatic heterocycles. The molecular weight excluding hydrogens is 318 g/mol. The van der Waals surface area contributed by atoms with Gasteiger partial charge in [-0.2, -0.15) is 0 Å². The van der Waals surface area contributed by atoms with Crippen LogP contribution >= 0.6 is 21.6 Å². The van der Waals surface area contributed by atoms with Crippen LogP contribution in [0.2, 0.25) is 0 Å². The predicted octanol–water partition coefficient (Wildman–Crippen LogP) is 3.73. The minimum atomic E-state index is 0.0729. The molecule has 0 unspecified atom stereocenters. The van der Waals surface area contributed by atoms with Gasteiger partial charge in [-0.25, -0.2) is 0 Å². The molecule has 0 radical (unpaired) electrons. The van der Waals surface area contributed by atoms with Crippen LogP contribution in [0.1, 0.15) is 37.7 Å². The van der Waals surface area contributed by atoms with E-state index in [4.69, 9.17) is 4.74 Å². The minimum absolute atomic E-state index is 0.0729. The Hall–Kier alpha value is -1.01. The van der Waals surface area contributed by atoms with Crippen molar-refractivity contribution in [2.45, 2.75) is 43.9 Å². The summed E-state index contributed by atoms with van der Waals surface area (Å²) in [4.78, 5) is 11.8. The summed E-state index contributed by atoms with van der Waals surface area (Å²) in [6.07, 6.45) is 5.17. The molecule has 1 amide bonds. The van der Waals surface area contributed by atoms with Gasteiger partial charge in [0.25, 0.3) is 0 Å². The molecule has 122 valence electrons. The van der Waals surface area contributed by atoms with E-state index in [1.54, 1.807) is 12.1 Å². The number of rotatable bonds is 8. The molecule has 0 saturated carbocycles. The van der Waals surface area contributed by atoms with Crippen LogP contribution in [0.3, 0.4) is 0 Å². The quantitative estimate of drug-likeness (QED) is 0.557. The monoisotopic (exact) mass is 341 g/mol. The van der Waals surface area contributed by atoms with Crippen molar-refractivity contribution in [2.75, 3.05) is 12.9 Å². The third-order valence-corrected chi connectivity index (χ3v) is 6.65. The molecule has 1 aromatic carbocycles. The number of phenols is 1. The number of benzene rings is 1. The maximum atomic E-state index is 11.8. The first-order valence-electron chi connectivity index (χ1n) is 7.60. The van der Waals surface area contributed by atoms with Crippen molar-refractivity contribution in [3.05, 3.63) is 23.8 Å². The number of hydrogen-bond donors (Lipinski definition) is 2. The zero-order valence-electron chi connectivity index (χ0n) is 12.8. The van der Waals surface area contributed by atoms with Gasteiger partial charge in [0, 0.05) is 24.0 Å². The van der Waals surface area contributed by atoms with Crippen LogP contribution in [0.15, 0.2) is 18.2 Å². The number of amides is 1. The zero-order valence-corrected chi connectivity index (χ0v) is 14.5. The van der Waals surface area contributed by atoms with Crippen LogP contribution in [-0.2, 0) is 11.3 Å². The fourth-order valence-electron chi connectivity index (χ4n) is 2.36. The van der Waals surface area contributed by atoms with Gasteiger partial charge >= 0.3 is 0 Å². The van der Waals surface area contributed by atoms with Crippen molar-refractivity contribution in [3.8, 4) is 11.5 Å². The number of methoxy groups -OCH3 is 1. The number of unbranched alkanes of at least 4 members (excludes halogenated alkanes) is 1. The van der Waals surface area contributed by atoms with Crippen LogP contribution < -0.4 is 10.1 Å². The molecule has 6 heteroatoms. The number of aromatic hydroxyl groups is 1. The van der Waals surface area contributed by atoms with Gasteiger partial charge in [0.05, 0.1) is 7.11 Å². The van der Waals surface area contributed by atoms with Gasteiger partial charge in [-0.3, -0.25) is 4.79 Å². The maximum absolute atomic E-state index is 11.8. The molecule has 4 nitrogen and oxygen atoms in total. The lowest BCUT2D eigenvalue weighted by Gasteiger charge is -2.09. The first kappa shape index (κ1) is 17.3. The smallest absolute Gasteiger partial charge is 0.220 e. The molecule has 1 aromatic rings. The summed E-state index contributed by atoms with van der Waals surface area (Å²) in [6.45, 7) is 0.436. The van der Waals surface area contributed by atoms with Gasteiger partial charge in [0.1, 0.15) is 0 Å². The fourth-order valence-corrected chi connectivity index (χ4v) is 5.38. The predicted molar refractivity (Wildman–Crippen MR) is 93.4 cm³/mol. The summed E-state index contributed by atoms with van der Waals surface area (Å²) in [5.74, 6) is 1.88. The van der Waals surface area contributed by atoms with E-state index in [9.17, 15) is 9.90 Å². The van der Waals surface area contributed by atoms with E-state index in [-0.39, 0.29) is 11.7 Å². The Morgan fingerprint density at radius 2 is 2.32 bits per heavy atom. The summed E-state index contributed by atoms with van der Waals surface area (Å²) in [5, 5.41) is 13.4. The molecule has 0 aliphatic carbocycles. The zero-order chi connectivity index (χ0) is 15.8. The van der Waals surface area contributed by atoms with Crippen LogP contribution in [0.4, 0.5) is 0 Å². The van der Waals surface area contributed by atoms with E-state index in [0.717, 1.165) is 23.7 Å². The van der Waals surface area contributed by atoms with E-state index in [0.29, 0.717) is 18.7 Å². The fraction of sp³-hybridized carbons (Fsp3) is 0.562. The van der Waals surface area contributed by atoms with Crippen molar-refractivity contribution in [1.82, 2.24) is 5.32 Å². The third-order valence-electron chi connectivity index (χ3n) is 3.64. The largest absolute Gasteiger partial charge is 0.504 e. The number of hydrogen-bond acceptors (Lipinski definition) is 5. The molecule has 22 heavy (non-hydrogen) atoms. The molecule has 2 rings (SSSR count). The maximum Gasteiger partial charge on any atom is 0.220 e. The van der Waals surface area contributed by atoms with E-state index in [2.05, 4.69) is 5.32 Å². The van der Waals surface area contributed by atoms with Crippen LogP contribution in [-0.4, -0.2) is 29.1 Å². The van der Waals surface area contributed by atoms with Gasteiger partial charge in [0.2, 0.25) is 5.91 Å². The molecule has 0 bridgehead atoms. The molecule has 1 aliphatic rings. The lowest BCUT2D eigenvalue weighted by Crippen LogP contribution is -2.22. The van der Waals surface area contributed by atoms with Crippen LogP contribution in [0, 0.1) is 0 Å². The molecule has 0 aromatic heterocycles. The van der Waals surface area contributed by atoms with Gasteiger partial charge in [-0.15, -0.1) is 0 Å². The SMILES string of the molecule is COc1ccc(CNC(=O)CCCC[C@@H]2CCSS2)cc1O. The molecule has 2 N–H and O–H groups in total. The highest BCUT2D eigenvalue weighted by atomic mass is 33.1. The van der Waals surface area contributed by atoms with Crippen LogP contribution in [0.25, 0.3) is 0 Å². The molecule has 1 heterocycles. The van der Waals surface area contributed by atoms with Crippen molar-refractivity contribution in [3.63, 3.8) is 0 Å². The third kappa shape index (κ3) is 5.65. The van der Waals surface area contributed by atoms with Gasteiger partial charge in [-0.1, -0.05) is 34.1 Å². The van der Waals surface area contributed by atoms with Crippen molar-refractivity contribution in [2.24, 2.45) is 0 Å². The standard InChI is InChI=1S/C16H23NO3S2/c1-20-15-7-6-12(10-14(15)18)11-17-16(19)5-3-2-4-13-8-9-21-22-13/h6-7,10,13,18H,2-5,8-9,11H2,1H3,(H,17,19)/t13-/m1/s1. The minimum Gasteiger partial charge on any atom is -0.504 e. The lowest BCUT2D eigenvalue weighted by molar-refractivity contribution is -0.121. The van der Waals surface area contributed by atoms with Gasteiger partial charge in [-0.05, 0) is 37.0 Å². The average Bonchev–Trinajstić information content (AvgIpc) is 3.03. The Bertz CT molecular complexity index is 490. The highest BCUT2D eigenvalue weighted by Crippen LogP contribution is 2.39. The second kappa shape index (κ2) is 9.20. The number of ether oxygens (including phenoxy) is 1. The number of phenolic OH excluding ortho intramolecular Hbond substituents is 1. The second-order valence-electron chi connectivity index (χ2n) is 5.36. The Balaban J connectivity index is 1.61. The summed E-state index contributed by atoms with van der Waals surface area (Å²) in [7, 11) is 5.47. The van der Waals surface area contributed by atoms with Crippen molar-refractivity contribution in [1.29, 1.82) is 0 Å².